The van der Waals surface area contributed by atoms with Gasteiger partial charge in [-0.2, -0.15) is 0 Å². The van der Waals surface area contributed by atoms with Gasteiger partial charge in [0.15, 0.2) is 0 Å². The van der Waals surface area contributed by atoms with E-state index in [1.165, 1.54) is 116 Å². The van der Waals surface area contributed by atoms with Gasteiger partial charge in [-0.3, -0.25) is 4.79 Å². The van der Waals surface area contributed by atoms with Gasteiger partial charge in [0.05, 0.1) is 18.8 Å². The van der Waals surface area contributed by atoms with E-state index in [2.05, 4.69) is 31.3 Å². The van der Waals surface area contributed by atoms with Gasteiger partial charge in [0.1, 0.15) is 0 Å². The number of rotatable bonds is 30. The van der Waals surface area contributed by atoms with Crippen LogP contribution in [0.5, 0.6) is 0 Å². The van der Waals surface area contributed by atoms with Crippen molar-refractivity contribution in [2.24, 2.45) is 0 Å². The SMILES string of the molecule is CCCC/C=C\CCCCCCCC(=O)NC(CO)C(O)/C=C/CCCCCCCCCCCCCCCC. The van der Waals surface area contributed by atoms with Gasteiger partial charge in [-0.05, 0) is 38.5 Å². The number of aliphatic hydroxyl groups is 2. The lowest BCUT2D eigenvalue weighted by molar-refractivity contribution is -0.123. The summed E-state index contributed by atoms with van der Waals surface area (Å²) in [6.45, 7) is 4.25. The number of carbonyl (C=O) groups is 1. The molecule has 0 aliphatic heterocycles. The second-order valence-corrected chi connectivity index (χ2v) is 11.6. The van der Waals surface area contributed by atoms with E-state index < -0.39 is 12.1 Å². The molecular formula is C35H67NO3. The van der Waals surface area contributed by atoms with E-state index in [4.69, 9.17) is 0 Å². The van der Waals surface area contributed by atoms with Crippen LogP contribution < -0.4 is 5.32 Å². The molecule has 2 unspecified atom stereocenters. The van der Waals surface area contributed by atoms with Crippen LogP contribution in [0.1, 0.15) is 174 Å². The minimum Gasteiger partial charge on any atom is -0.394 e. The lowest BCUT2D eigenvalue weighted by Gasteiger charge is -2.20. The predicted octanol–water partition coefficient (Wildman–Crippen LogP) is 9.73. The summed E-state index contributed by atoms with van der Waals surface area (Å²) in [6, 6.07) is -0.621. The molecule has 0 saturated carbocycles. The molecule has 4 nitrogen and oxygen atoms in total. The van der Waals surface area contributed by atoms with Crippen molar-refractivity contribution in [2.75, 3.05) is 6.61 Å². The molecule has 0 saturated heterocycles. The average Bonchev–Trinajstić information content (AvgIpc) is 2.94. The highest BCUT2D eigenvalue weighted by Gasteiger charge is 2.17. The fourth-order valence-corrected chi connectivity index (χ4v) is 4.98. The zero-order valence-corrected chi connectivity index (χ0v) is 26.2. The summed E-state index contributed by atoms with van der Waals surface area (Å²) in [5.41, 5.74) is 0. The number of aliphatic hydroxyl groups excluding tert-OH is 2. The third kappa shape index (κ3) is 28.2. The quantitative estimate of drug-likeness (QED) is 0.0617. The van der Waals surface area contributed by atoms with Gasteiger partial charge < -0.3 is 15.5 Å². The maximum atomic E-state index is 12.2. The minimum atomic E-state index is -0.837. The molecule has 1 amide bonds. The summed E-state index contributed by atoms with van der Waals surface area (Å²) in [5, 5.41) is 22.8. The first-order chi connectivity index (χ1) is 19.2. The van der Waals surface area contributed by atoms with E-state index >= 15 is 0 Å². The summed E-state index contributed by atoms with van der Waals surface area (Å²) in [7, 11) is 0. The standard InChI is InChI=1S/C35H67NO3/c1-3-5-7-9-11-13-15-16-17-18-19-21-22-24-26-28-30-34(38)33(32-37)36-35(39)31-29-27-25-23-20-14-12-10-8-6-4-2/h10,12,28,30,33-34,37-38H,3-9,11,13-27,29,31-32H2,1-2H3,(H,36,39)/b12-10-,30-28+. The maximum Gasteiger partial charge on any atom is 0.220 e. The second-order valence-electron chi connectivity index (χ2n) is 11.6. The monoisotopic (exact) mass is 550 g/mol. The van der Waals surface area contributed by atoms with Gasteiger partial charge in [-0.1, -0.05) is 154 Å². The molecule has 0 bridgehead atoms. The Hall–Kier alpha value is -1.13. The average molecular weight is 550 g/mol. The van der Waals surface area contributed by atoms with Crippen LogP contribution in [0.3, 0.4) is 0 Å². The Kier molecular flexibility index (Phi) is 30.5. The Balaban J connectivity index is 3.64. The largest absolute Gasteiger partial charge is 0.394 e. The number of hydrogen-bond donors (Lipinski definition) is 3. The maximum absolute atomic E-state index is 12.2. The number of unbranched alkanes of at least 4 members (excludes halogenated alkanes) is 21. The van der Waals surface area contributed by atoms with Crippen LogP contribution in [-0.4, -0.2) is 34.9 Å². The Morgan fingerprint density at radius 1 is 0.590 bits per heavy atom. The zero-order valence-electron chi connectivity index (χ0n) is 26.2. The Labute approximate surface area is 243 Å². The summed E-state index contributed by atoms with van der Waals surface area (Å²) in [4.78, 5) is 12.2. The summed E-state index contributed by atoms with van der Waals surface area (Å²) in [6.07, 6.45) is 38.2. The molecule has 0 aromatic carbocycles. The van der Waals surface area contributed by atoms with E-state index in [-0.39, 0.29) is 12.5 Å². The lowest BCUT2D eigenvalue weighted by Crippen LogP contribution is -2.45. The molecular weight excluding hydrogens is 482 g/mol. The van der Waals surface area contributed by atoms with Crippen LogP contribution in [0.4, 0.5) is 0 Å². The Morgan fingerprint density at radius 3 is 1.49 bits per heavy atom. The first kappa shape index (κ1) is 37.9. The topological polar surface area (TPSA) is 69.6 Å². The molecule has 39 heavy (non-hydrogen) atoms. The summed E-state index contributed by atoms with van der Waals surface area (Å²) >= 11 is 0. The van der Waals surface area contributed by atoms with Crippen molar-refractivity contribution in [2.45, 2.75) is 187 Å². The van der Waals surface area contributed by atoms with Crippen LogP contribution in [0.15, 0.2) is 24.3 Å². The van der Waals surface area contributed by atoms with Crippen LogP contribution in [-0.2, 0) is 4.79 Å². The van der Waals surface area contributed by atoms with E-state index in [0.29, 0.717) is 6.42 Å². The van der Waals surface area contributed by atoms with Crippen molar-refractivity contribution in [3.05, 3.63) is 24.3 Å². The Morgan fingerprint density at radius 2 is 1.00 bits per heavy atom. The second kappa shape index (κ2) is 31.4. The lowest BCUT2D eigenvalue weighted by atomic mass is 10.0. The van der Waals surface area contributed by atoms with Gasteiger partial charge in [-0.15, -0.1) is 0 Å². The van der Waals surface area contributed by atoms with Crippen LogP contribution >= 0.6 is 0 Å². The fourth-order valence-electron chi connectivity index (χ4n) is 4.98. The molecule has 0 spiro atoms. The number of hydrogen-bond acceptors (Lipinski definition) is 3. The number of carbonyl (C=O) groups excluding carboxylic acids is 1. The molecule has 3 N–H and O–H groups in total. The van der Waals surface area contributed by atoms with Crippen LogP contribution in [0.2, 0.25) is 0 Å². The fraction of sp³-hybridized carbons (Fsp3) is 0.857. The van der Waals surface area contributed by atoms with Gasteiger partial charge in [0.2, 0.25) is 5.91 Å². The highest BCUT2D eigenvalue weighted by Crippen LogP contribution is 2.14. The first-order valence-electron chi connectivity index (χ1n) is 17.1. The molecule has 0 radical (unpaired) electrons. The van der Waals surface area contributed by atoms with Crippen molar-refractivity contribution in [1.82, 2.24) is 5.32 Å². The first-order valence-corrected chi connectivity index (χ1v) is 17.1. The van der Waals surface area contributed by atoms with Crippen molar-refractivity contribution in [3.63, 3.8) is 0 Å². The molecule has 0 heterocycles. The van der Waals surface area contributed by atoms with Crippen LogP contribution in [0.25, 0.3) is 0 Å². The normalized spacial score (nSPS) is 13.4. The van der Waals surface area contributed by atoms with Crippen molar-refractivity contribution >= 4 is 5.91 Å². The molecule has 230 valence electrons. The molecule has 0 rings (SSSR count). The number of amides is 1. The molecule has 0 fully saturated rings. The van der Waals surface area contributed by atoms with E-state index in [1.54, 1.807) is 6.08 Å². The third-order valence-corrected chi connectivity index (χ3v) is 7.68. The summed E-state index contributed by atoms with van der Waals surface area (Å²) < 4.78 is 0. The van der Waals surface area contributed by atoms with Gasteiger partial charge in [0, 0.05) is 6.42 Å². The molecule has 0 aromatic rings. The molecule has 0 aliphatic rings. The zero-order chi connectivity index (χ0) is 28.7. The van der Waals surface area contributed by atoms with Gasteiger partial charge in [-0.25, -0.2) is 0 Å². The Bertz CT molecular complexity index is 560. The highest BCUT2D eigenvalue weighted by atomic mass is 16.3. The van der Waals surface area contributed by atoms with Gasteiger partial charge in [0.25, 0.3) is 0 Å². The van der Waals surface area contributed by atoms with E-state index in [0.717, 1.165) is 38.5 Å². The van der Waals surface area contributed by atoms with E-state index in [9.17, 15) is 15.0 Å². The minimum absolute atomic E-state index is 0.0765. The molecule has 0 aromatic heterocycles. The predicted molar refractivity (Wildman–Crippen MR) is 170 cm³/mol. The summed E-state index contributed by atoms with van der Waals surface area (Å²) in [5.74, 6) is -0.0765. The molecule has 2 atom stereocenters. The highest BCUT2D eigenvalue weighted by molar-refractivity contribution is 5.76. The number of allylic oxidation sites excluding steroid dienone is 3. The van der Waals surface area contributed by atoms with Gasteiger partial charge >= 0.3 is 0 Å². The third-order valence-electron chi connectivity index (χ3n) is 7.68. The number of nitrogens with one attached hydrogen (secondary N) is 1. The van der Waals surface area contributed by atoms with Crippen molar-refractivity contribution < 1.29 is 15.0 Å². The van der Waals surface area contributed by atoms with E-state index in [1.807, 2.05) is 6.08 Å². The van der Waals surface area contributed by atoms with Crippen molar-refractivity contribution in [1.29, 1.82) is 0 Å². The molecule has 4 heteroatoms. The van der Waals surface area contributed by atoms with Crippen LogP contribution in [0, 0.1) is 0 Å². The van der Waals surface area contributed by atoms with Crippen molar-refractivity contribution in [3.8, 4) is 0 Å². The smallest absolute Gasteiger partial charge is 0.220 e. The molecule has 0 aliphatic carbocycles.